The molecule has 2 aromatic rings. The number of nitrogens with one attached hydrogen (secondary N) is 1. The van der Waals surface area contributed by atoms with Crippen molar-refractivity contribution < 1.29 is 18.7 Å². The first kappa shape index (κ1) is 22.3. The summed E-state index contributed by atoms with van der Waals surface area (Å²) in [6.45, 7) is 6.31. The maximum atomic E-state index is 12.9. The summed E-state index contributed by atoms with van der Waals surface area (Å²) in [5, 5.41) is 7.10. The molecule has 0 bridgehead atoms. The molecule has 8 heteroatoms. The summed E-state index contributed by atoms with van der Waals surface area (Å²) in [6.07, 6.45) is 6.88. The van der Waals surface area contributed by atoms with Crippen LogP contribution in [-0.2, 0) is 23.0 Å². The van der Waals surface area contributed by atoms with Crippen LogP contribution in [0.5, 0.6) is 5.75 Å². The van der Waals surface area contributed by atoms with Crippen molar-refractivity contribution in [2.24, 2.45) is 12.0 Å². The van der Waals surface area contributed by atoms with Gasteiger partial charge in [-0.05, 0) is 52.0 Å². The number of amides is 1. The van der Waals surface area contributed by atoms with Crippen molar-refractivity contribution in [3.05, 3.63) is 53.8 Å². The van der Waals surface area contributed by atoms with Gasteiger partial charge in [-0.1, -0.05) is 0 Å². The number of allylic oxidation sites excluding steroid dienone is 4. The largest absolute Gasteiger partial charge is 0.496 e. The third-order valence-corrected chi connectivity index (χ3v) is 4.84. The molecule has 1 amide bonds. The lowest BCUT2D eigenvalue weighted by Gasteiger charge is -2.25. The van der Waals surface area contributed by atoms with Crippen molar-refractivity contribution in [3.8, 4) is 16.9 Å². The van der Waals surface area contributed by atoms with Crippen LogP contribution in [0.15, 0.2) is 53.3 Å². The smallest absolute Gasteiger partial charge is 0.268 e. The molecule has 1 N–H and O–H groups in total. The number of aromatic nitrogens is 2. The van der Waals surface area contributed by atoms with Crippen LogP contribution in [-0.4, -0.2) is 34.2 Å². The highest BCUT2D eigenvalue weighted by Gasteiger charge is 2.32. The van der Waals surface area contributed by atoms with Crippen LogP contribution < -0.4 is 10.1 Å². The SMILES string of the molecule is COc1ccc(-c2cnn(C)c2)c2c1CC(NC(=O)C(C)(C)O/C(C)=C/C=C(\C)F)=N2. The van der Waals surface area contributed by atoms with Gasteiger partial charge in [0, 0.05) is 36.4 Å². The van der Waals surface area contributed by atoms with Gasteiger partial charge in [-0.3, -0.25) is 9.48 Å². The second-order valence-corrected chi connectivity index (χ2v) is 7.88. The van der Waals surface area contributed by atoms with E-state index in [1.165, 1.54) is 19.1 Å². The normalized spacial score (nSPS) is 14.2. The Morgan fingerprint density at radius 1 is 1.29 bits per heavy atom. The lowest BCUT2D eigenvalue weighted by Crippen LogP contribution is -2.46. The molecule has 0 radical (unpaired) electrons. The Labute approximate surface area is 181 Å². The van der Waals surface area contributed by atoms with E-state index in [0.29, 0.717) is 23.8 Å². The number of aliphatic imine (C=N–C) groups is 1. The van der Waals surface area contributed by atoms with E-state index in [0.717, 1.165) is 22.4 Å². The number of amidine groups is 1. The summed E-state index contributed by atoms with van der Waals surface area (Å²) in [6, 6.07) is 3.83. The molecule has 0 saturated carbocycles. The summed E-state index contributed by atoms with van der Waals surface area (Å²) in [5.41, 5.74) is 2.32. The van der Waals surface area contributed by atoms with E-state index in [2.05, 4.69) is 15.4 Å². The molecule has 1 aromatic heterocycles. The van der Waals surface area contributed by atoms with Gasteiger partial charge in [0.2, 0.25) is 0 Å². The Bertz CT molecular complexity index is 1090. The van der Waals surface area contributed by atoms with Crippen molar-refractivity contribution in [2.75, 3.05) is 7.11 Å². The van der Waals surface area contributed by atoms with E-state index in [1.807, 2.05) is 25.4 Å². The number of methoxy groups -OCH3 is 1. The fourth-order valence-corrected chi connectivity index (χ4v) is 3.31. The van der Waals surface area contributed by atoms with Crippen molar-refractivity contribution in [1.29, 1.82) is 0 Å². The van der Waals surface area contributed by atoms with Crippen molar-refractivity contribution in [1.82, 2.24) is 15.1 Å². The van der Waals surface area contributed by atoms with Crippen LogP contribution in [0.3, 0.4) is 0 Å². The highest BCUT2D eigenvalue weighted by atomic mass is 19.1. The van der Waals surface area contributed by atoms with Crippen molar-refractivity contribution >= 4 is 17.4 Å². The average Bonchev–Trinajstić information content (AvgIpc) is 3.31. The quantitative estimate of drug-likeness (QED) is 0.550. The van der Waals surface area contributed by atoms with Crippen LogP contribution in [0.25, 0.3) is 11.1 Å². The van der Waals surface area contributed by atoms with E-state index in [4.69, 9.17) is 9.47 Å². The molecule has 1 aliphatic rings. The predicted octanol–water partition coefficient (Wildman–Crippen LogP) is 4.37. The van der Waals surface area contributed by atoms with Gasteiger partial charge in [0.15, 0.2) is 5.60 Å². The second kappa shape index (κ2) is 8.75. The van der Waals surface area contributed by atoms with Crippen molar-refractivity contribution in [2.45, 2.75) is 39.7 Å². The van der Waals surface area contributed by atoms with Gasteiger partial charge in [0.1, 0.15) is 11.6 Å². The Morgan fingerprint density at radius 2 is 2.03 bits per heavy atom. The highest BCUT2D eigenvalue weighted by molar-refractivity contribution is 6.07. The lowest BCUT2D eigenvalue weighted by molar-refractivity contribution is -0.136. The number of benzene rings is 1. The van der Waals surface area contributed by atoms with Crippen LogP contribution in [0.1, 0.15) is 33.3 Å². The number of rotatable bonds is 6. The van der Waals surface area contributed by atoms with Crippen LogP contribution in [0.2, 0.25) is 0 Å². The van der Waals surface area contributed by atoms with E-state index in [9.17, 15) is 9.18 Å². The summed E-state index contributed by atoms with van der Waals surface area (Å²) >= 11 is 0. The number of fused-ring (bicyclic) bond motifs is 1. The van der Waals surface area contributed by atoms with Gasteiger partial charge < -0.3 is 14.8 Å². The number of nitrogens with zero attached hydrogens (tertiary/aromatic N) is 3. The van der Waals surface area contributed by atoms with E-state index < -0.39 is 5.60 Å². The third kappa shape index (κ3) is 5.02. The fourth-order valence-electron chi connectivity index (χ4n) is 3.31. The van der Waals surface area contributed by atoms with Gasteiger partial charge in [0.25, 0.3) is 5.91 Å². The minimum absolute atomic E-state index is 0.346. The molecule has 164 valence electrons. The minimum atomic E-state index is -1.17. The third-order valence-electron chi connectivity index (χ3n) is 4.84. The molecule has 0 atom stereocenters. The molecular weight excluding hydrogens is 399 g/mol. The summed E-state index contributed by atoms with van der Waals surface area (Å²) in [4.78, 5) is 17.6. The van der Waals surface area contributed by atoms with Gasteiger partial charge >= 0.3 is 0 Å². The Kier molecular flexibility index (Phi) is 6.29. The van der Waals surface area contributed by atoms with Gasteiger partial charge in [-0.2, -0.15) is 5.10 Å². The number of halogens is 1. The summed E-state index contributed by atoms with van der Waals surface area (Å²) < 4.78 is 25.9. The Balaban J connectivity index is 1.83. The molecule has 7 nitrogen and oxygen atoms in total. The summed E-state index contributed by atoms with van der Waals surface area (Å²) in [7, 11) is 3.46. The molecular formula is C23H27FN4O3. The molecule has 1 aliphatic heterocycles. The number of carbonyl (C=O) groups is 1. The second-order valence-electron chi connectivity index (χ2n) is 7.88. The van der Waals surface area contributed by atoms with Crippen LogP contribution in [0.4, 0.5) is 10.1 Å². The monoisotopic (exact) mass is 426 g/mol. The zero-order chi connectivity index (χ0) is 22.8. The fraction of sp³-hybridized carbons (Fsp3) is 0.348. The van der Waals surface area contributed by atoms with Crippen LogP contribution in [0, 0.1) is 0 Å². The lowest BCUT2D eigenvalue weighted by atomic mass is 10.0. The highest BCUT2D eigenvalue weighted by Crippen LogP contribution is 2.42. The van der Waals surface area contributed by atoms with E-state index in [1.54, 1.807) is 38.8 Å². The van der Waals surface area contributed by atoms with E-state index in [-0.39, 0.29) is 11.7 Å². The molecule has 1 aromatic carbocycles. The Hall–Kier alpha value is -3.42. The molecule has 0 spiro atoms. The van der Waals surface area contributed by atoms with Crippen molar-refractivity contribution in [3.63, 3.8) is 0 Å². The summed E-state index contributed by atoms with van der Waals surface area (Å²) in [5.74, 6) is 0.941. The minimum Gasteiger partial charge on any atom is -0.496 e. The Morgan fingerprint density at radius 3 is 2.65 bits per heavy atom. The van der Waals surface area contributed by atoms with Gasteiger partial charge in [-0.25, -0.2) is 9.38 Å². The molecule has 0 aliphatic carbocycles. The van der Waals surface area contributed by atoms with Gasteiger partial charge in [-0.15, -0.1) is 0 Å². The molecule has 0 fully saturated rings. The maximum absolute atomic E-state index is 12.9. The number of carbonyl (C=O) groups excluding carboxylic acids is 1. The average molecular weight is 426 g/mol. The molecule has 31 heavy (non-hydrogen) atoms. The zero-order valence-corrected chi connectivity index (χ0v) is 18.6. The first-order chi connectivity index (χ1) is 14.6. The standard InChI is InChI=1S/C23H27FN4O3/c1-14(24)7-8-15(2)31-23(3,4)22(29)27-20-11-18-19(30-6)10-9-17(21(18)26-20)16-12-25-28(5)13-16/h7-10,12-13H,11H2,1-6H3,(H,26,27,29)/b14-7+,15-8+. The molecule has 3 rings (SSSR count). The maximum Gasteiger partial charge on any atom is 0.268 e. The molecule has 0 saturated heterocycles. The van der Waals surface area contributed by atoms with E-state index >= 15 is 0 Å². The predicted molar refractivity (Wildman–Crippen MR) is 118 cm³/mol. The topological polar surface area (TPSA) is 77.7 Å². The number of ether oxygens (including phenoxy) is 2. The number of hydrogen-bond acceptors (Lipinski definition) is 5. The van der Waals surface area contributed by atoms with Crippen LogP contribution >= 0.6 is 0 Å². The first-order valence-corrected chi connectivity index (χ1v) is 9.88. The molecule has 0 unspecified atom stereocenters. The zero-order valence-electron chi connectivity index (χ0n) is 18.6. The van der Waals surface area contributed by atoms with Gasteiger partial charge in [0.05, 0.1) is 30.6 Å². The number of hydrogen-bond donors (Lipinski definition) is 1. The first-order valence-electron chi connectivity index (χ1n) is 9.88. The number of aryl methyl sites for hydroxylation is 1. The molecule has 2 heterocycles.